The van der Waals surface area contributed by atoms with Gasteiger partial charge in [0.05, 0.1) is 33.9 Å². The third-order valence-electron chi connectivity index (χ3n) is 10.7. The molecule has 18 heteroatoms. The van der Waals surface area contributed by atoms with Gasteiger partial charge in [-0.3, -0.25) is 0 Å². The van der Waals surface area contributed by atoms with Crippen LogP contribution in [0, 0.1) is 11.6 Å². The van der Waals surface area contributed by atoms with E-state index < -0.39 is 17.2 Å². The van der Waals surface area contributed by atoms with Gasteiger partial charge in [0.25, 0.3) is 0 Å². The van der Waals surface area contributed by atoms with E-state index in [4.69, 9.17) is 31.4 Å². The van der Waals surface area contributed by atoms with E-state index in [1.807, 2.05) is 32.9 Å². The molecule has 6 aromatic rings. The summed E-state index contributed by atoms with van der Waals surface area (Å²) >= 11 is 0. The SMILES string of the molecule is CC(C)(C)OC(=O)NC1CCC(Nc2nccc(-c3cccnc3Oc3ccc(N)c(F)c3)n2)CC1.Nc1ccc(Oc2ncccc2-c2ccnc(NC3CCC(N)CC3)n2)cc1F. The Morgan fingerprint density at radius 3 is 1.51 bits per heavy atom. The standard InChI is InChI=1S/C26H31FN6O3.C21H23FN6O/c1-26(2,3)36-25(34)32-17-8-6-16(7-9-17)31-24-30-14-12-22(33-24)19-5-4-13-29-23(19)35-18-10-11-21(28)20(27)15-18;22-17-12-15(7-8-18(17)24)29-20-16(2-1-10-25-20)19-9-11-26-21(28-19)27-14-5-3-13(23)4-6-14/h4-5,10-17H,6-9,28H2,1-3H3,(H,32,34)(H,30,31,33);1-2,7-14H,3-6,23-24H2,(H,26,27,28). The van der Waals surface area contributed by atoms with E-state index in [2.05, 4.69) is 45.9 Å². The Bertz CT molecular complexity index is 2550. The van der Waals surface area contributed by atoms with Gasteiger partial charge in [0.1, 0.15) is 28.7 Å². The number of nitrogen functional groups attached to an aromatic ring is 2. The molecule has 1 amide bonds. The first-order valence-corrected chi connectivity index (χ1v) is 21.6. The number of hydrogen-bond donors (Lipinski definition) is 6. The second-order valence-electron chi connectivity index (χ2n) is 16.9. The van der Waals surface area contributed by atoms with Crippen molar-refractivity contribution in [2.24, 2.45) is 5.73 Å². The van der Waals surface area contributed by atoms with Gasteiger partial charge >= 0.3 is 6.09 Å². The van der Waals surface area contributed by atoms with Gasteiger partial charge in [-0.05, 0) is 133 Å². The summed E-state index contributed by atoms with van der Waals surface area (Å²) in [4.78, 5) is 38.6. The number of ether oxygens (including phenoxy) is 3. The Morgan fingerprint density at radius 2 is 1.06 bits per heavy atom. The van der Waals surface area contributed by atoms with Crippen molar-refractivity contribution in [3.05, 3.63) is 109 Å². The molecule has 0 spiro atoms. The van der Waals surface area contributed by atoms with Crippen LogP contribution in [0.1, 0.15) is 72.1 Å². The predicted molar refractivity (Wildman–Crippen MR) is 245 cm³/mol. The second-order valence-corrected chi connectivity index (χ2v) is 16.9. The lowest BCUT2D eigenvalue weighted by Gasteiger charge is -2.30. The minimum Gasteiger partial charge on any atom is -0.444 e. The number of alkyl carbamates (subject to hydrolysis) is 1. The highest BCUT2D eigenvalue weighted by molar-refractivity contribution is 5.68. The number of pyridine rings is 2. The highest BCUT2D eigenvalue weighted by atomic mass is 19.1. The van der Waals surface area contributed by atoms with Crippen LogP contribution in [0.2, 0.25) is 0 Å². The molecule has 0 radical (unpaired) electrons. The first kappa shape index (κ1) is 45.8. The minimum absolute atomic E-state index is 0.0461. The molecule has 0 atom stereocenters. The topological polar surface area (TPSA) is 236 Å². The number of rotatable bonds is 11. The second kappa shape index (κ2) is 21.0. The number of nitrogens with two attached hydrogens (primary N) is 3. The fourth-order valence-corrected chi connectivity index (χ4v) is 7.34. The van der Waals surface area contributed by atoms with Crippen LogP contribution in [-0.4, -0.2) is 65.8 Å². The minimum atomic E-state index is -0.561. The summed E-state index contributed by atoms with van der Waals surface area (Å²) in [6.45, 7) is 5.54. The van der Waals surface area contributed by atoms with Crippen LogP contribution in [0.25, 0.3) is 22.5 Å². The van der Waals surface area contributed by atoms with Gasteiger partial charge in [-0.25, -0.2) is 43.5 Å². The van der Waals surface area contributed by atoms with Crippen LogP contribution in [-0.2, 0) is 4.74 Å². The summed E-state index contributed by atoms with van der Waals surface area (Å²) in [6.07, 6.45) is 13.5. The van der Waals surface area contributed by atoms with Crippen molar-refractivity contribution in [2.75, 3.05) is 22.1 Å². The molecule has 4 aromatic heterocycles. The van der Waals surface area contributed by atoms with Gasteiger partial charge in [-0.15, -0.1) is 0 Å². The smallest absolute Gasteiger partial charge is 0.407 e. The summed E-state index contributed by atoms with van der Waals surface area (Å²) in [7, 11) is 0. The van der Waals surface area contributed by atoms with E-state index in [1.165, 1.54) is 24.3 Å². The van der Waals surface area contributed by atoms with Crippen molar-refractivity contribution >= 4 is 29.4 Å². The lowest BCUT2D eigenvalue weighted by molar-refractivity contribution is 0.0492. The van der Waals surface area contributed by atoms with Crippen LogP contribution in [0.5, 0.6) is 23.3 Å². The number of anilines is 4. The monoisotopic (exact) mass is 888 g/mol. The van der Waals surface area contributed by atoms with Crippen LogP contribution in [0.15, 0.2) is 97.6 Å². The van der Waals surface area contributed by atoms with E-state index in [0.717, 1.165) is 51.4 Å². The molecule has 0 aliphatic heterocycles. The number of carbonyl (C=O) groups excluding carboxylic acids is 1. The van der Waals surface area contributed by atoms with E-state index in [0.29, 0.717) is 58.0 Å². The molecule has 2 aromatic carbocycles. The Balaban J connectivity index is 0.000000198. The molecule has 2 saturated carbocycles. The van der Waals surface area contributed by atoms with Crippen molar-refractivity contribution in [1.82, 2.24) is 35.2 Å². The van der Waals surface area contributed by atoms with Gasteiger partial charge in [0.15, 0.2) is 0 Å². The molecule has 0 bridgehead atoms. The molecule has 2 aliphatic rings. The fraction of sp³-hybridized carbons (Fsp3) is 0.340. The molecule has 16 nitrogen and oxygen atoms in total. The van der Waals surface area contributed by atoms with Gasteiger partial charge in [-0.1, -0.05) is 0 Å². The van der Waals surface area contributed by atoms with Gasteiger partial charge < -0.3 is 47.4 Å². The summed E-state index contributed by atoms with van der Waals surface area (Å²) in [5.41, 5.74) is 19.3. The molecule has 4 heterocycles. The Labute approximate surface area is 376 Å². The summed E-state index contributed by atoms with van der Waals surface area (Å²) < 4.78 is 44.6. The van der Waals surface area contributed by atoms with E-state index in [1.54, 1.807) is 61.2 Å². The number of amides is 1. The van der Waals surface area contributed by atoms with Crippen LogP contribution >= 0.6 is 0 Å². The van der Waals surface area contributed by atoms with Crippen molar-refractivity contribution in [3.8, 4) is 45.8 Å². The van der Waals surface area contributed by atoms with E-state index in [-0.39, 0.29) is 41.3 Å². The number of carbonyl (C=O) groups is 1. The zero-order valence-electron chi connectivity index (χ0n) is 36.5. The number of nitrogens with one attached hydrogen (secondary N) is 3. The molecule has 8 rings (SSSR count). The molecule has 2 aliphatic carbocycles. The highest BCUT2D eigenvalue weighted by Gasteiger charge is 2.26. The zero-order chi connectivity index (χ0) is 45.9. The number of aromatic nitrogens is 6. The summed E-state index contributed by atoms with van der Waals surface area (Å²) in [5.74, 6) is 1.15. The zero-order valence-corrected chi connectivity index (χ0v) is 36.5. The van der Waals surface area contributed by atoms with Gasteiger partial charge in [-0.2, -0.15) is 0 Å². The van der Waals surface area contributed by atoms with E-state index >= 15 is 0 Å². The average molecular weight is 889 g/mol. The molecule has 65 heavy (non-hydrogen) atoms. The Morgan fingerprint density at radius 1 is 0.615 bits per heavy atom. The quantitative estimate of drug-likeness (QED) is 0.0666. The molecular formula is C47H54F2N12O4. The maximum Gasteiger partial charge on any atom is 0.407 e. The van der Waals surface area contributed by atoms with E-state index in [9.17, 15) is 13.6 Å². The van der Waals surface area contributed by atoms with Crippen LogP contribution in [0.4, 0.5) is 36.8 Å². The molecule has 0 unspecified atom stereocenters. The maximum atomic E-state index is 13.9. The van der Waals surface area contributed by atoms with Crippen LogP contribution in [0.3, 0.4) is 0 Å². The van der Waals surface area contributed by atoms with Crippen molar-refractivity contribution < 1.29 is 27.8 Å². The Kier molecular flexibility index (Phi) is 14.8. The lowest BCUT2D eigenvalue weighted by Crippen LogP contribution is -2.42. The predicted octanol–water partition coefficient (Wildman–Crippen LogP) is 9.03. The first-order valence-electron chi connectivity index (χ1n) is 21.6. The molecule has 2 fully saturated rings. The molecule has 9 N–H and O–H groups in total. The third kappa shape index (κ3) is 13.2. The largest absolute Gasteiger partial charge is 0.444 e. The highest BCUT2D eigenvalue weighted by Crippen LogP contribution is 2.34. The number of nitrogens with zero attached hydrogens (tertiary/aromatic N) is 6. The van der Waals surface area contributed by atoms with Gasteiger partial charge in [0, 0.05) is 61.1 Å². The molecule has 0 saturated heterocycles. The maximum absolute atomic E-state index is 13.9. The number of halogens is 2. The van der Waals surface area contributed by atoms with Crippen LogP contribution < -0.4 is 42.6 Å². The fourth-order valence-electron chi connectivity index (χ4n) is 7.34. The molecule has 340 valence electrons. The Hall–Kier alpha value is -7.21. The first-order chi connectivity index (χ1) is 31.2. The van der Waals surface area contributed by atoms with Crippen molar-refractivity contribution in [2.45, 2.75) is 102 Å². The lowest BCUT2D eigenvalue weighted by atomic mass is 9.91. The van der Waals surface area contributed by atoms with Crippen molar-refractivity contribution in [1.29, 1.82) is 0 Å². The van der Waals surface area contributed by atoms with Crippen molar-refractivity contribution in [3.63, 3.8) is 0 Å². The summed E-state index contributed by atoms with van der Waals surface area (Å²) in [5, 5.41) is 9.74. The normalized spacial score (nSPS) is 18.3. The van der Waals surface area contributed by atoms with Gasteiger partial charge in [0.2, 0.25) is 23.7 Å². The summed E-state index contributed by atoms with van der Waals surface area (Å²) in [6, 6.07) is 20.2. The third-order valence-corrected chi connectivity index (χ3v) is 10.7. The average Bonchev–Trinajstić information content (AvgIpc) is 3.28. The number of benzene rings is 2. The number of hydrogen-bond acceptors (Lipinski definition) is 15. The molecular weight excluding hydrogens is 835 g/mol.